The van der Waals surface area contributed by atoms with Gasteiger partial charge in [-0.3, -0.25) is 4.99 Å². The van der Waals surface area contributed by atoms with Crippen molar-refractivity contribution in [2.24, 2.45) is 12.0 Å². The molecule has 6 rings (SSSR count). The highest BCUT2D eigenvalue weighted by Gasteiger charge is 2.39. The number of benzene rings is 2. The minimum atomic E-state index is -0.0425. The zero-order chi connectivity index (χ0) is 18.4. The van der Waals surface area contributed by atoms with Crippen LogP contribution in [0.15, 0.2) is 40.9 Å². The molecule has 0 saturated carbocycles. The van der Waals surface area contributed by atoms with Crippen molar-refractivity contribution in [1.29, 1.82) is 0 Å². The average molecular weight is 355 g/mol. The zero-order valence-corrected chi connectivity index (χ0v) is 15.7. The highest BCUT2D eigenvalue weighted by Crippen LogP contribution is 2.49. The minimum absolute atomic E-state index is 0.0425. The molecule has 1 unspecified atom stereocenters. The fourth-order valence-corrected chi connectivity index (χ4v) is 5.15. The molecule has 0 saturated heterocycles. The van der Waals surface area contributed by atoms with Gasteiger partial charge in [0.25, 0.3) is 0 Å². The van der Waals surface area contributed by atoms with Crippen molar-refractivity contribution in [3.8, 4) is 5.75 Å². The zero-order valence-electron chi connectivity index (χ0n) is 15.7. The van der Waals surface area contributed by atoms with E-state index in [4.69, 9.17) is 4.99 Å². The number of aromatic hydroxyl groups is 1. The molecule has 1 aliphatic carbocycles. The second-order valence-electron chi connectivity index (χ2n) is 7.97. The fourth-order valence-electron chi connectivity index (χ4n) is 5.15. The fraction of sp³-hybridized carbons (Fsp3) is 0.261. The van der Waals surface area contributed by atoms with Crippen LogP contribution in [0.5, 0.6) is 5.75 Å². The maximum atomic E-state index is 10.8. The van der Waals surface area contributed by atoms with Crippen LogP contribution in [0.1, 0.15) is 28.4 Å². The number of fused-ring (bicyclic) bond motifs is 8. The van der Waals surface area contributed by atoms with Gasteiger partial charge in [0.15, 0.2) is 0 Å². The van der Waals surface area contributed by atoms with Gasteiger partial charge in [0, 0.05) is 47.4 Å². The topological polar surface area (TPSA) is 49.5 Å². The molecule has 3 aliphatic rings. The first kappa shape index (κ1) is 15.2. The number of phenolic OH excluding ortho intramolecular Hbond substituents is 1. The minimum Gasteiger partial charge on any atom is -0.507 e. The molecule has 0 fully saturated rings. The van der Waals surface area contributed by atoms with Crippen LogP contribution in [0.3, 0.4) is 0 Å². The van der Waals surface area contributed by atoms with Crippen LogP contribution < -0.4 is 15.9 Å². The standard InChI is InChI=1S/C23H21N3O/c1-11-4-7-17-13(8-11)18-14-9-24-10-15(14)19-20-16(6-5-12(2)23(20)27)25-21(19)22(18)26(17)3/h4-8,21,24,27H,9-10H2,1-3H3. The van der Waals surface area contributed by atoms with Crippen LogP contribution in [-0.4, -0.2) is 22.8 Å². The summed E-state index contributed by atoms with van der Waals surface area (Å²) in [6.07, 6.45) is 0. The van der Waals surface area contributed by atoms with Gasteiger partial charge in [-0.1, -0.05) is 17.7 Å². The second-order valence-corrected chi connectivity index (χ2v) is 7.97. The normalized spacial score (nSPS) is 19.8. The summed E-state index contributed by atoms with van der Waals surface area (Å²) in [4.78, 5) is 5.08. The SMILES string of the molecule is Cc1ccc2c(c1)c1c(n2C)C2N=c3ccc(C)c(O)c3=C2C2=C1CNC2. The predicted octanol–water partition coefficient (Wildman–Crippen LogP) is 2.40. The Morgan fingerprint density at radius 1 is 1.11 bits per heavy atom. The lowest BCUT2D eigenvalue weighted by molar-refractivity contribution is 0.465. The Kier molecular flexibility index (Phi) is 2.76. The molecule has 4 nitrogen and oxygen atoms in total. The number of nitrogens with one attached hydrogen (secondary N) is 1. The molecule has 3 aromatic rings. The van der Waals surface area contributed by atoms with Gasteiger partial charge < -0.3 is 15.0 Å². The summed E-state index contributed by atoms with van der Waals surface area (Å²) in [5.74, 6) is 0.380. The van der Waals surface area contributed by atoms with Gasteiger partial charge in [0.2, 0.25) is 0 Å². The molecular formula is C23H21N3O. The van der Waals surface area contributed by atoms with E-state index in [1.54, 1.807) is 0 Å². The van der Waals surface area contributed by atoms with E-state index in [0.717, 1.165) is 29.2 Å². The van der Waals surface area contributed by atoms with E-state index in [-0.39, 0.29) is 6.04 Å². The van der Waals surface area contributed by atoms with Gasteiger partial charge in [-0.25, -0.2) is 0 Å². The summed E-state index contributed by atoms with van der Waals surface area (Å²) in [6.45, 7) is 5.82. The van der Waals surface area contributed by atoms with Gasteiger partial charge in [-0.15, -0.1) is 0 Å². The van der Waals surface area contributed by atoms with Crippen LogP contribution in [0.4, 0.5) is 0 Å². The Bertz CT molecular complexity index is 1340. The van der Waals surface area contributed by atoms with E-state index in [1.807, 2.05) is 19.1 Å². The lowest BCUT2D eigenvalue weighted by Gasteiger charge is -2.24. The Morgan fingerprint density at radius 2 is 1.93 bits per heavy atom. The van der Waals surface area contributed by atoms with Crippen molar-refractivity contribution in [2.75, 3.05) is 13.1 Å². The van der Waals surface area contributed by atoms with Crippen LogP contribution in [0.25, 0.3) is 22.0 Å². The third-order valence-electron chi connectivity index (χ3n) is 6.42. The van der Waals surface area contributed by atoms with E-state index in [1.165, 1.54) is 44.4 Å². The van der Waals surface area contributed by atoms with Gasteiger partial charge in [0.05, 0.1) is 11.1 Å². The largest absolute Gasteiger partial charge is 0.507 e. The Balaban J connectivity index is 1.83. The van der Waals surface area contributed by atoms with E-state index in [9.17, 15) is 5.11 Å². The van der Waals surface area contributed by atoms with Gasteiger partial charge in [-0.05, 0) is 48.8 Å². The summed E-state index contributed by atoms with van der Waals surface area (Å²) in [6, 6.07) is 10.7. The molecule has 1 aromatic heterocycles. The van der Waals surface area contributed by atoms with Crippen molar-refractivity contribution in [3.63, 3.8) is 0 Å². The van der Waals surface area contributed by atoms with Crippen molar-refractivity contribution in [2.45, 2.75) is 19.9 Å². The maximum Gasteiger partial charge on any atom is 0.128 e. The highest BCUT2D eigenvalue weighted by atomic mass is 16.3. The van der Waals surface area contributed by atoms with Crippen LogP contribution in [-0.2, 0) is 7.05 Å². The van der Waals surface area contributed by atoms with Gasteiger partial charge >= 0.3 is 0 Å². The molecule has 0 radical (unpaired) electrons. The molecule has 1 atom stereocenters. The summed E-state index contributed by atoms with van der Waals surface area (Å²) in [5, 5.41) is 17.5. The predicted molar refractivity (Wildman–Crippen MR) is 107 cm³/mol. The third-order valence-corrected chi connectivity index (χ3v) is 6.42. The number of hydrogen-bond donors (Lipinski definition) is 2. The molecule has 2 N–H and O–H groups in total. The molecule has 27 heavy (non-hydrogen) atoms. The lowest BCUT2D eigenvalue weighted by atomic mass is 9.82. The molecule has 0 spiro atoms. The summed E-state index contributed by atoms with van der Waals surface area (Å²) in [5.41, 5.74) is 9.92. The average Bonchev–Trinajstić information content (AvgIpc) is 3.32. The van der Waals surface area contributed by atoms with Crippen LogP contribution in [0, 0.1) is 13.8 Å². The summed E-state index contributed by atoms with van der Waals surface area (Å²) < 4.78 is 2.30. The molecule has 0 bridgehead atoms. The molecular weight excluding hydrogens is 334 g/mol. The van der Waals surface area contributed by atoms with Crippen molar-refractivity contribution in [3.05, 3.63) is 68.9 Å². The first-order valence-corrected chi connectivity index (χ1v) is 9.49. The van der Waals surface area contributed by atoms with Crippen molar-refractivity contribution in [1.82, 2.24) is 9.88 Å². The number of nitrogens with zero attached hydrogens (tertiary/aromatic N) is 2. The summed E-state index contributed by atoms with van der Waals surface area (Å²) in [7, 11) is 2.14. The van der Waals surface area contributed by atoms with E-state index in [2.05, 4.69) is 42.1 Å². The van der Waals surface area contributed by atoms with Crippen LogP contribution in [0.2, 0.25) is 0 Å². The maximum absolute atomic E-state index is 10.8. The highest BCUT2D eigenvalue weighted by molar-refractivity contribution is 6.04. The first-order chi connectivity index (χ1) is 13.1. The quantitative estimate of drug-likeness (QED) is 0.651. The summed E-state index contributed by atoms with van der Waals surface area (Å²) >= 11 is 0. The molecule has 134 valence electrons. The molecule has 0 amide bonds. The molecule has 3 heterocycles. The Hall–Kier alpha value is -2.85. The number of hydrogen-bond acceptors (Lipinski definition) is 3. The van der Waals surface area contributed by atoms with Crippen molar-refractivity contribution >= 4 is 22.0 Å². The van der Waals surface area contributed by atoms with E-state index < -0.39 is 0 Å². The molecule has 2 aliphatic heterocycles. The van der Waals surface area contributed by atoms with Crippen molar-refractivity contribution < 1.29 is 5.11 Å². The number of aromatic nitrogens is 1. The second kappa shape index (κ2) is 4.90. The lowest BCUT2D eigenvalue weighted by Crippen LogP contribution is -2.25. The number of phenols is 1. The molecule has 2 aromatic carbocycles. The number of aryl methyl sites for hydroxylation is 3. The third kappa shape index (κ3) is 1.74. The van der Waals surface area contributed by atoms with Gasteiger partial charge in [-0.2, -0.15) is 0 Å². The van der Waals surface area contributed by atoms with E-state index >= 15 is 0 Å². The molecule has 4 heteroatoms. The van der Waals surface area contributed by atoms with Gasteiger partial charge in [0.1, 0.15) is 11.8 Å². The van der Waals surface area contributed by atoms with E-state index in [0.29, 0.717) is 5.75 Å². The van der Waals surface area contributed by atoms with Crippen LogP contribution >= 0.6 is 0 Å². The smallest absolute Gasteiger partial charge is 0.128 e. The first-order valence-electron chi connectivity index (χ1n) is 9.49. The Labute approximate surface area is 157 Å². The Morgan fingerprint density at radius 3 is 2.78 bits per heavy atom. The monoisotopic (exact) mass is 355 g/mol. The number of rotatable bonds is 0.